The van der Waals surface area contributed by atoms with Gasteiger partial charge in [0.15, 0.2) is 24.0 Å². The fraction of sp³-hybridized carbons (Fsp3) is 0.333. The van der Waals surface area contributed by atoms with Crippen molar-refractivity contribution in [3.8, 4) is 5.75 Å². The molecule has 2 aromatic rings. The van der Waals surface area contributed by atoms with E-state index in [4.69, 9.17) is 4.74 Å². The molecule has 0 aromatic heterocycles. The van der Waals surface area contributed by atoms with E-state index < -0.39 is 11.6 Å². The molecule has 2 N–H and O–H groups in total. The summed E-state index contributed by atoms with van der Waals surface area (Å²) >= 11 is 0. The van der Waals surface area contributed by atoms with Gasteiger partial charge in [0.2, 0.25) is 0 Å². The van der Waals surface area contributed by atoms with E-state index in [2.05, 4.69) is 10.6 Å². The maximum Gasteiger partial charge on any atom is 0.258 e. The average Bonchev–Trinajstić information content (AvgIpc) is 2.69. The van der Waals surface area contributed by atoms with Crippen LogP contribution in [0.15, 0.2) is 42.5 Å². The molecule has 2 atom stereocenters. The van der Waals surface area contributed by atoms with Gasteiger partial charge in [-0.05, 0) is 49.7 Å². The summed E-state index contributed by atoms with van der Waals surface area (Å²) in [5.41, 5.74) is 1.16. The van der Waals surface area contributed by atoms with Crippen LogP contribution in [0.25, 0.3) is 0 Å². The van der Waals surface area contributed by atoms with E-state index in [1.54, 1.807) is 30.3 Å². The van der Waals surface area contributed by atoms with E-state index in [9.17, 15) is 18.4 Å². The second-order valence-electron chi connectivity index (χ2n) is 6.82. The smallest absolute Gasteiger partial charge is 0.258 e. The third-order valence-electron chi connectivity index (χ3n) is 4.81. The zero-order chi connectivity index (χ0) is 20.1. The molecule has 8 heteroatoms. The van der Waals surface area contributed by atoms with Crippen LogP contribution in [0.5, 0.6) is 5.75 Å². The van der Waals surface area contributed by atoms with Gasteiger partial charge in [-0.3, -0.25) is 9.59 Å². The molecule has 5 nitrogen and oxygen atoms in total. The second-order valence-corrected chi connectivity index (χ2v) is 6.82. The van der Waals surface area contributed by atoms with Gasteiger partial charge < -0.3 is 15.4 Å². The number of carbonyl (C=O) groups excluding carboxylic acids is 2. The predicted octanol–water partition coefficient (Wildman–Crippen LogP) is 3.23. The van der Waals surface area contributed by atoms with Crippen molar-refractivity contribution in [1.29, 1.82) is 0 Å². The maximum absolute atomic E-state index is 13.6. The Labute approximate surface area is 174 Å². The van der Waals surface area contributed by atoms with Gasteiger partial charge in [0.25, 0.3) is 5.91 Å². The van der Waals surface area contributed by atoms with Gasteiger partial charge in [-0.1, -0.05) is 18.2 Å². The third kappa shape index (κ3) is 5.98. The van der Waals surface area contributed by atoms with Crippen molar-refractivity contribution in [3.63, 3.8) is 0 Å². The zero-order valence-electron chi connectivity index (χ0n) is 15.9. The third-order valence-corrected chi connectivity index (χ3v) is 4.81. The van der Waals surface area contributed by atoms with E-state index in [-0.39, 0.29) is 42.7 Å². The minimum Gasteiger partial charge on any atom is -0.484 e. The van der Waals surface area contributed by atoms with E-state index in [1.807, 2.05) is 0 Å². The van der Waals surface area contributed by atoms with Crippen LogP contribution >= 0.6 is 12.4 Å². The van der Waals surface area contributed by atoms with Crippen LogP contribution in [0, 0.1) is 11.6 Å². The number of piperidine rings is 1. The molecule has 0 saturated carbocycles. The maximum atomic E-state index is 13.6. The molecule has 0 aliphatic carbocycles. The number of rotatable bonds is 6. The lowest BCUT2D eigenvalue weighted by atomic mass is 9.86. The first kappa shape index (κ1) is 22.8. The number of nitrogens with one attached hydrogen (secondary N) is 2. The summed E-state index contributed by atoms with van der Waals surface area (Å²) in [6.07, 6.45) is 0.692. The first-order valence-corrected chi connectivity index (χ1v) is 9.13. The number of carbonyl (C=O) groups is 2. The molecule has 0 radical (unpaired) electrons. The van der Waals surface area contributed by atoms with Crippen LogP contribution < -0.4 is 15.4 Å². The molecule has 1 aliphatic rings. The fourth-order valence-corrected chi connectivity index (χ4v) is 3.35. The van der Waals surface area contributed by atoms with Crippen LogP contribution in [0.1, 0.15) is 35.2 Å². The van der Waals surface area contributed by atoms with Gasteiger partial charge in [-0.25, -0.2) is 8.78 Å². The second kappa shape index (κ2) is 10.3. The molecule has 0 spiro atoms. The topological polar surface area (TPSA) is 67.4 Å². The lowest BCUT2D eigenvalue weighted by Gasteiger charge is -2.33. The SMILES string of the molecule is CC(=O)c1cccc(OCC(=O)NC2CNCCC2c2ccc(F)c(F)c2)c1.Cl. The van der Waals surface area contributed by atoms with Crippen molar-refractivity contribution in [2.75, 3.05) is 19.7 Å². The molecule has 1 saturated heterocycles. The molecular formula is C21H23ClF2N2O3. The number of ketones is 1. The van der Waals surface area contributed by atoms with Crippen molar-refractivity contribution in [3.05, 3.63) is 65.2 Å². The van der Waals surface area contributed by atoms with Crippen molar-refractivity contribution in [2.45, 2.75) is 25.3 Å². The van der Waals surface area contributed by atoms with Crippen molar-refractivity contribution in [1.82, 2.24) is 10.6 Å². The molecule has 1 aliphatic heterocycles. The molecule has 29 heavy (non-hydrogen) atoms. The lowest BCUT2D eigenvalue weighted by Crippen LogP contribution is -2.51. The molecular weight excluding hydrogens is 402 g/mol. The van der Waals surface area contributed by atoms with Crippen LogP contribution in [0.4, 0.5) is 8.78 Å². The predicted molar refractivity (Wildman–Crippen MR) is 108 cm³/mol. The van der Waals surface area contributed by atoms with Gasteiger partial charge >= 0.3 is 0 Å². The zero-order valence-corrected chi connectivity index (χ0v) is 16.7. The number of ether oxygens (including phenoxy) is 1. The summed E-state index contributed by atoms with van der Waals surface area (Å²) in [5, 5.41) is 6.10. The highest BCUT2D eigenvalue weighted by Crippen LogP contribution is 2.27. The Hall–Kier alpha value is -2.51. The van der Waals surface area contributed by atoms with Crippen LogP contribution in [0.3, 0.4) is 0 Å². The molecule has 0 bridgehead atoms. The quantitative estimate of drug-likeness (QED) is 0.699. The summed E-state index contributed by atoms with van der Waals surface area (Å²) < 4.78 is 32.3. The summed E-state index contributed by atoms with van der Waals surface area (Å²) in [6.45, 7) is 2.50. The number of hydrogen-bond acceptors (Lipinski definition) is 4. The number of Topliss-reactive ketones (excluding diaryl/α,β-unsaturated/α-hetero) is 1. The van der Waals surface area contributed by atoms with Crippen molar-refractivity contribution >= 4 is 24.1 Å². The first-order chi connectivity index (χ1) is 13.4. The monoisotopic (exact) mass is 424 g/mol. The van der Waals surface area contributed by atoms with Crippen molar-refractivity contribution in [2.24, 2.45) is 0 Å². The Balaban J connectivity index is 0.00000300. The highest BCUT2D eigenvalue weighted by molar-refractivity contribution is 5.94. The van der Waals surface area contributed by atoms with Gasteiger partial charge in [-0.15, -0.1) is 12.4 Å². The normalized spacial score (nSPS) is 18.4. The summed E-state index contributed by atoms with van der Waals surface area (Å²) in [4.78, 5) is 23.8. The van der Waals surface area contributed by atoms with E-state index >= 15 is 0 Å². The minimum atomic E-state index is -0.894. The molecule has 1 amide bonds. The molecule has 3 rings (SSSR count). The minimum absolute atomic E-state index is 0. The summed E-state index contributed by atoms with van der Waals surface area (Å²) in [7, 11) is 0. The van der Waals surface area contributed by atoms with Gasteiger partial charge in [0.05, 0.1) is 0 Å². The highest BCUT2D eigenvalue weighted by atomic mass is 35.5. The molecule has 156 valence electrons. The van der Waals surface area contributed by atoms with E-state index in [0.29, 0.717) is 29.8 Å². The standard InChI is InChI=1S/C21H22F2N2O3.ClH/c1-13(26)14-3-2-4-16(9-14)28-12-21(27)25-20-11-24-8-7-17(20)15-5-6-18(22)19(23)10-15;/h2-6,9-10,17,20,24H,7-8,11-12H2,1H3,(H,25,27);1H. The number of benzene rings is 2. The van der Waals surface area contributed by atoms with E-state index in [0.717, 1.165) is 12.6 Å². The van der Waals surface area contributed by atoms with Crippen LogP contribution in [-0.2, 0) is 4.79 Å². The van der Waals surface area contributed by atoms with Crippen LogP contribution in [0.2, 0.25) is 0 Å². The van der Waals surface area contributed by atoms with E-state index in [1.165, 1.54) is 13.0 Å². The summed E-state index contributed by atoms with van der Waals surface area (Å²) in [5.74, 6) is -1.88. The molecule has 2 aromatic carbocycles. The first-order valence-electron chi connectivity index (χ1n) is 9.13. The Kier molecular flexibility index (Phi) is 8.10. The highest BCUT2D eigenvalue weighted by Gasteiger charge is 2.28. The lowest BCUT2D eigenvalue weighted by molar-refractivity contribution is -0.124. The average molecular weight is 425 g/mol. The number of amides is 1. The number of halogens is 3. The van der Waals surface area contributed by atoms with Gasteiger partial charge in [0, 0.05) is 24.1 Å². The Bertz CT molecular complexity index is 879. The fourth-order valence-electron chi connectivity index (χ4n) is 3.35. The largest absolute Gasteiger partial charge is 0.484 e. The van der Waals surface area contributed by atoms with Gasteiger partial charge in [-0.2, -0.15) is 0 Å². The Morgan fingerprint density at radius 3 is 2.69 bits per heavy atom. The summed E-state index contributed by atoms with van der Waals surface area (Å²) in [6, 6.07) is 10.2. The molecule has 1 fully saturated rings. The Morgan fingerprint density at radius 2 is 1.97 bits per heavy atom. The number of hydrogen-bond donors (Lipinski definition) is 2. The van der Waals surface area contributed by atoms with Gasteiger partial charge in [0.1, 0.15) is 5.75 Å². The molecule has 2 unspecified atom stereocenters. The molecule has 1 heterocycles. The van der Waals surface area contributed by atoms with Crippen LogP contribution in [-0.4, -0.2) is 37.4 Å². The Morgan fingerprint density at radius 1 is 1.17 bits per heavy atom. The van der Waals surface area contributed by atoms with Crippen molar-refractivity contribution < 1.29 is 23.1 Å².